The van der Waals surface area contributed by atoms with Crippen LogP contribution >= 0.6 is 15.9 Å². The summed E-state index contributed by atoms with van der Waals surface area (Å²) in [5, 5.41) is 5.20. The number of halogens is 1. The van der Waals surface area contributed by atoms with Crippen LogP contribution in [0.1, 0.15) is 31.5 Å². The van der Waals surface area contributed by atoms with E-state index in [2.05, 4.69) is 30.9 Å². The third-order valence-corrected chi connectivity index (χ3v) is 3.88. The summed E-state index contributed by atoms with van der Waals surface area (Å²) in [5.41, 5.74) is 0. The molecule has 90 valence electrons. The van der Waals surface area contributed by atoms with Gasteiger partial charge in [0.25, 0.3) is 0 Å². The number of aryl methyl sites for hydroxylation is 1. The van der Waals surface area contributed by atoms with Gasteiger partial charge in [-0.25, -0.2) is 4.98 Å². The molecule has 1 aliphatic carbocycles. The highest BCUT2D eigenvalue weighted by Crippen LogP contribution is 2.26. The van der Waals surface area contributed by atoms with Crippen LogP contribution in [0.5, 0.6) is 0 Å². The van der Waals surface area contributed by atoms with Crippen LogP contribution in [0.2, 0.25) is 0 Å². The fraction of sp³-hybridized carbons (Fsp3) is 0.818. The van der Waals surface area contributed by atoms with Crippen LogP contribution in [0.25, 0.3) is 0 Å². The minimum atomic E-state index is 0.774. The molecule has 1 aromatic rings. The maximum absolute atomic E-state index is 4.30. The molecule has 0 unspecified atom stereocenters. The van der Waals surface area contributed by atoms with Crippen molar-refractivity contribution in [2.75, 3.05) is 11.9 Å². The van der Waals surface area contributed by atoms with Gasteiger partial charge >= 0.3 is 0 Å². The zero-order valence-electron chi connectivity index (χ0n) is 9.77. The fourth-order valence-corrected chi connectivity index (χ4v) is 2.30. The molecule has 0 atom stereocenters. The Balaban J connectivity index is 1.93. The smallest absolute Gasteiger partial charge is 0.140 e. The van der Waals surface area contributed by atoms with Crippen molar-refractivity contribution in [2.45, 2.75) is 38.3 Å². The summed E-state index contributed by atoms with van der Waals surface area (Å²) in [6, 6.07) is 0.774. The number of hydrogen-bond donors (Lipinski definition) is 0. The molecule has 0 spiro atoms. The van der Waals surface area contributed by atoms with E-state index >= 15 is 0 Å². The normalized spacial score (nSPS) is 16.7. The molecule has 0 bridgehead atoms. The lowest BCUT2D eigenvalue weighted by atomic mass is 9.91. The molecular formula is C11H19BrN4. The Morgan fingerprint density at radius 3 is 2.88 bits per heavy atom. The van der Waals surface area contributed by atoms with Gasteiger partial charge in [-0.15, -0.1) is 0 Å². The van der Waals surface area contributed by atoms with Crippen molar-refractivity contribution in [3.63, 3.8) is 0 Å². The van der Waals surface area contributed by atoms with Gasteiger partial charge < -0.3 is 0 Å². The van der Waals surface area contributed by atoms with E-state index in [0.29, 0.717) is 0 Å². The van der Waals surface area contributed by atoms with E-state index in [0.717, 1.165) is 30.3 Å². The van der Waals surface area contributed by atoms with Crippen LogP contribution < -0.4 is 0 Å². The van der Waals surface area contributed by atoms with E-state index in [9.17, 15) is 0 Å². The Bertz CT molecular complexity index is 322. The van der Waals surface area contributed by atoms with E-state index in [-0.39, 0.29) is 0 Å². The van der Waals surface area contributed by atoms with E-state index in [4.69, 9.17) is 0 Å². The summed E-state index contributed by atoms with van der Waals surface area (Å²) in [4.78, 5) is 6.85. The van der Waals surface area contributed by atoms with E-state index in [1.54, 1.807) is 6.33 Å². The minimum Gasteiger partial charge on any atom is -0.293 e. The van der Waals surface area contributed by atoms with Crippen molar-refractivity contribution in [3.05, 3.63) is 12.2 Å². The van der Waals surface area contributed by atoms with Crippen LogP contribution in [0.15, 0.2) is 6.33 Å². The van der Waals surface area contributed by atoms with Gasteiger partial charge in [0.05, 0.1) is 6.54 Å². The van der Waals surface area contributed by atoms with Crippen molar-refractivity contribution in [3.8, 4) is 0 Å². The molecule has 1 saturated carbocycles. The quantitative estimate of drug-likeness (QED) is 0.750. The molecule has 1 heterocycles. The van der Waals surface area contributed by atoms with E-state index < -0.39 is 0 Å². The van der Waals surface area contributed by atoms with Crippen molar-refractivity contribution in [1.29, 1.82) is 0 Å². The predicted molar refractivity (Wildman–Crippen MR) is 67.5 cm³/mol. The van der Waals surface area contributed by atoms with E-state index in [1.165, 1.54) is 25.7 Å². The topological polar surface area (TPSA) is 34.0 Å². The van der Waals surface area contributed by atoms with Crippen molar-refractivity contribution in [2.24, 2.45) is 7.05 Å². The lowest BCUT2D eigenvalue weighted by molar-refractivity contribution is 0.115. The summed E-state index contributed by atoms with van der Waals surface area (Å²) >= 11 is 3.50. The number of nitrogens with zero attached hydrogens (tertiary/aromatic N) is 4. The first-order chi connectivity index (χ1) is 7.81. The average Bonchev–Trinajstić information content (AvgIpc) is 2.58. The summed E-state index contributed by atoms with van der Waals surface area (Å²) in [7, 11) is 1.96. The molecular weight excluding hydrogens is 268 g/mol. The van der Waals surface area contributed by atoms with Gasteiger partial charge in [-0.2, -0.15) is 5.10 Å². The monoisotopic (exact) mass is 286 g/mol. The molecule has 0 saturated heterocycles. The highest BCUT2D eigenvalue weighted by molar-refractivity contribution is 9.09. The van der Waals surface area contributed by atoms with E-state index in [1.807, 2.05) is 11.7 Å². The number of rotatable bonds is 6. The van der Waals surface area contributed by atoms with Crippen LogP contribution in [-0.2, 0) is 13.6 Å². The number of alkyl halides is 1. The summed E-state index contributed by atoms with van der Waals surface area (Å²) in [6.07, 6.45) is 6.92. The number of hydrogen-bond acceptors (Lipinski definition) is 3. The predicted octanol–water partition coefficient (Wildman–Crippen LogP) is 1.95. The first-order valence-corrected chi connectivity index (χ1v) is 7.06. The minimum absolute atomic E-state index is 0.774. The molecule has 5 heteroatoms. The lowest BCUT2D eigenvalue weighted by Crippen LogP contribution is -2.40. The molecule has 1 aromatic heterocycles. The van der Waals surface area contributed by atoms with Gasteiger partial charge in [-0.3, -0.25) is 9.58 Å². The van der Waals surface area contributed by atoms with Gasteiger partial charge in [0.15, 0.2) is 0 Å². The zero-order chi connectivity index (χ0) is 11.4. The van der Waals surface area contributed by atoms with Gasteiger partial charge in [-0.05, 0) is 25.8 Å². The second kappa shape index (κ2) is 5.77. The first-order valence-electron chi connectivity index (χ1n) is 5.94. The SMILES string of the molecule is Cn1ncnc1CN(CCCBr)C1CCC1. The standard InChI is InChI=1S/C11H19BrN4/c1-15-11(13-9-14-15)8-16(7-3-6-12)10-4-2-5-10/h9-10H,2-8H2,1H3. The van der Waals surface area contributed by atoms with Crippen LogP contribution in [0, 0.1) is 0 Å². The molecule has 1 aliphatic rings. The zero-order valence-corrected chi connectivity index (χ0v) is 11.4. The molecule has 2 rings (SSSR count). The molecule has 0 aromatic carbocycles. The number of aromatic nitrogens is 3. The Labute approximate surface area is 105 Å². The van der Waals surface area contributed by atoms with Gasteiger partial charge in [-0.1, -0.05) is 22.4 Å². The molecule has 1 fully saturated rings. The third-order valence-electron chi connectivity index (χ3n) is 3.32. The third kappa shape index (κ3) is 2.83. The second-order valence-corrected chi connectivity index (χ2v) is 5.19. The molecule has 4 nitrogen and oxygen atoms in total. The van der Waals surface area contributed by atoms with Crippen molar-refractivity contribution in [1.82, 2.24) is 19.7 Å². The second-order valence-electron chi connectivity index (χ2n) is 4.40. The van der Waals surface area contributed by atoms with Gasteiger partial charge in [0.2, 0.25) is 0 Å². The summed E-state index contributed by atoms with van der Waals surface area (Å²) in [6.45, 7) is 2.09. The highest BCUT2D eigenvalue weighted by Gasteiger charge is 2.25. The van der Waals surface area contributed by atoms with Crippen LogP contribution in [-0.4, -0.2) is 37.6 Å². The fourth-order valence-electron chi connectivity index (χ4n) is 2.05. The van der Waals surface area contributed by atoms with Crippen LogP contribution in [0.4, 0.5) is 0 Å². The van der Waals surface area contributed by atoms with Crippen molar-refractivity contribution >= 4 is 15.9 Å². The van der Waals surface area contributed by atoms with Crippen LogP contribution in [0.3, 0.4) is 0 Å². The van der Waals surface area contributed by atoms with Crippen molar-refractivity contribution < 1.29 is 0 Å². The Morgan fingerprint density at radius 1 is 1.56 bits per heavy atom. The molecule has 16 heavy (non-hydrogen) atoms. The maximum Gasteiger partial charge on any atom is 0.140 e. The average molecular weight is 287 g/mol. The maximum atomic E-state index is 4.30. The highest BCUT2D eigenvalue weighted by atomic mass is 79.9. The lowest BCUT2D eigenvalue weighted by Gasteiger charge is -2.37. The first kappa shape index (κ1) is 12.0. The van der Waals surface area contributed by atoms with Gasteiger partial charge in [0, 0.05) is 18.4 Å². The molecule has 0 amide bonds. The summed E-state index contributed by atoms with van der Waals surface area (Å²) in [5.74, 6) is 1.07. The molecule has 0 N–H and O–H groups in total. The Morgan fingerprint density at radius 2 is 2.38 bits per heavy atom. The Hall–Kier alpha value is -0.420. The Kier molecular flexibility index (Phi) is 4.35. The molecule has 0 aliphatic heterocycles. The molecule has 0 radical (unpaired) electrons. The van der Waals surface area contributed by atoms with Gasteiger partial charge in [0.1, 0.15) is 12.2 Å². The summed E-state index contributed by atoms with van der Waals surface area (Å²) < 4.78 is 1.87. The largest absolute Gasteiger partial charge is 0.293 e.